The number of rotatable bonds is 5. The van der Waals surface area contributed by atoms with Gasteiger partial charge in [-0.1, -0.05) is 0 Å². The lowest BCUT2D eigenvalue weighted by Gasteiger charge is -2.06. The maximum absolute atomic E-state index is 5.32. The first kappa shape index (κ1) is 10.3. The fraction of sp³-hybridized carbons (Fsp3) is 0.400. The molecule has 1 rings (SSSR count). The van der Waals surface area contributed by atoms with E-state index in [1.54, 1.807) is 0 Å². The number of hydrogen-bond donors (Lipinski definition) is 2. The normalized spacial score (nSPS) is 9.69. The van der Waals surface area contributed by atoms with Gasteiger partial charge in [-0.05, 0) is 31.2 Å². The van der Waals surface area contributed by atoms with Gasteiger partial charge < -0.3 is 10.1 Å². The van der Waals surface area contributed by atoms with Gasteiger partial charge in [0.2, 0.25) is 0 Å². The third kappa shape index (κ3) is 3.59. The molecule has 0 amide bonds. The van der Waals surface area contributed by atoms with Crippen LogP contribution >= 0.6 is 12.6 Å². The van der Waals surface area contributed by atoms with Crippen molar-refractivity contribution in [3.05, 3.63) is 24.3 Å². The molecular weight excluding hydrogens is 182 g/mol. The summed E-state index contributed by atoms with van der Waals surface area (Å²) in [7, 11) is 0. The van der Waals surface area contributed by atoms with Crippen LogP contribution < -0.4 is 10.1 Å². The zero-order chi connectivity index (χ0) is 9.52. The maximum Gasteiger partial charge on any atom is 0.119 e. The molecule has 0 aliphatic rings. The summed E-state index contributed by atoms with van der Waals surface area (Å²) in [5.74, 6) is 1.76. The van der Waals surface area contributed by atoms with Crippen LogP contribution in [0.2, 0.25) is 0 Å². The third-order valence-corrected chi connectivity index (χ3v) is 1.83. The average Bonchev–Trinajstić information content (AvgIpc) is 2.17. The number of benzene rings is 1. The van der Waals surface area contributed by atoms with E-state index in [9.17, 15) is 0 Å². The van der Waals surface area contributed by atoms with Gasteiger partial charge in [0.1, 0.15) is 5.75 Å². The van der Waals surface area contributed by atoms with Crippen molar-refractivity contribution in [2.75, 3.05) is 24.2 Å². The highest BCUT2D eigenvalue weighted by Crippen LogP contribution is 2.15. The van der Waals surface area contributed by atoms with E-state index in [1.165, 1.54) is 0 Å². The lowest BCUT2D eigenvalue weighted by Crippen LogP contribution is -2.02. The first-order valence-corrected chi connectivity index (χ1v) is 5.07. The Bertz CT molecular complexity index is 235. The first-order chi connectivity index (χ1) is 6.36. The SMILES string of the molecule is CCOc1ccc(NCCS)cc1. The molecule has 0 bridgehead atoms. The lowest BCUT2D eigenvalue weighted by molar-refractivity contribution is 0.340. The average molecular weight is 197 g/mol. The van der Waals surface area contributed by atoms with Gasteiger partial charge in [0.05, 0.1) is 6.61 Å². The summed E-state index contributed by atoms with van der Waals surface area (Å²) in [4.78, 5) is 0. The Kier molecular flexibility index (Phi) is 4.54. The number of thiol groups is 1. The van der Waals surface area contributed by atoms with Crippen molar-refractivity contribution in [3.8, 4) is 5.75 Å². The highest BCUT2D eigenvalue weighted by Gasteiger charge is 1.92. The van der Waals surface area contributed by atoms with Crippen molar-refractivity contribution in [2.45, 2.75) is 6.92 Å². The van der Waals surface area contributed by atoms with E-state index >= 15 is 0 Å². The molecule has 0 aliphatic heterocycles. The van der Waals surface area contributed by atoms with E-state index in [2.05, 4.69) is 17.9 Å². The molecule has 72 valence electrons. The fourth-order valence-corrected chi connectivity index (χ4v) is 1.15. The second-order valence-electron chi connectivity index (χ2n) is 2.61. The van der Waals surface area contributed by atoms with E-state index in [4.69, 9.17) is 4.74 Å². The molecule has 0 fully saturated rings. The van der Waals surface area contributed by atoms with Gasteiger partial charge in [0.25, 0.3) is 0 Å². The summed E-state index contributed by atoms with van der Waals surface area (Å²) in [5.41, 5.74) is 1.11. The summed E-state index contributed by atoms with van der Waals surface area (Å²) in [5, 5.41) is 3.23. The van der Waals surface area contributed by atoms with Gasteiger partial charge in [-0.2, -0.15) is 12.6 Å². The van der Waals surface area contributed by atoms with Crippen molar-refractivity contribution < 1.29 is 4.74 Å². The minimum absolute atomic E-state index is 0.712. The molecule has 0 unspecified atom stereocenters. The van der Waals surface area contributed by atoms with Crippen LogP contribution in [0.15, 0.2) is 24.3 Å². The van der Waals surface area contributed by atoms with E-state index in [0.717, 1.165) is 23.7 Å². The molecule has 3 heteroatoms. The molecule has 0 aliphatic carbocycles. The van der Waals surface area contributed by atoms with Crippen molar-refractivity contribution >= 4 is 18.3 Å². The van der Waals surface area contributed by atoms with Crippen LogP contribution in [0.1, 0.15) is 6.92 Å². The molecule has 0 saturated heterocycles. The molecule has 0 heterocycles. The van der Waals surface area contributed by atoms with Crippen LogP contribution in [0.5, 0.6) is 5.75 Å². The van der Waals surface area contributed by atoms with Gasteiger partial charge in [-0.15, -0.1) is 0 Å². The zero-order valence-corrected chi connectivity index (χ0v) is 8.68. The Hall–Kier alpha value is -0.830. The van der Waals surface area contributed by atoms with Gasteiger partial charge in [-0.3, -0.25) is 0 Å². The van der Waals surface area contributed by atoms with E-state index in [0.29, 0.717) is 6.61 Å². The summed E-state index contributed by atoms with van der Waals surface area (Å²) in [6.45, 7) is 3.58. The quantitative estimate of drug-likeness (QED) is 0.707. The van der Waals surface area contributed by atoms with Crippen molar-refractivity contribution in [3.63, 3.8) is 0 Å². The summed E-state index contributed by atoms with van der Waals surface area (Å²) in [6, 6.07) is 7.94. The molecule has 0 aromatic heterocycles. The maximum atomic E-state index is 5.32. The van der Waals surface area contributed by atoms with Crippen LogP contribution in [0.3, 0.4) is 0 Å². The first-order valence-electron chi connectivity index (χ1n) is 4.44. The number of nitrogens with one attached hydrogen (secondary N) is 1. The van der Waals surface area contributed by atoms with Crippen LogP contribution in [-0.4, -0.2) is 18.9 Å². The molecule has 0 saturated carbocycles. The van der Waals surface area contributed by atoms with Crippen LogP contribution in [-0.2, 0) is 0 Å². The minimum atomic E-state index is 0.712. The molecule has 0 radical (unpaired) electrons. The Morgan fingerprint density at radius 3 is 2.54 bits per heavy atom. The monoisotopic (exact) mass is 197 g/mol. The van der Waals surface area contributed by atoms with Crippen molar-refractivity contribution in [1.82, 2.24) is 0 Å². The Balaban J connectivity index is 2.48. The zero-order valence-electron chi connectivity index (χ0n) is 7.79. The number of hydrogen-bond acceptors (Lipinski definition) is 3. The van der Waals surface area contributed by atoms with Gasteiger partial charge >= 0.3 is 0 Å². The molecule has 2 nitrogen and oxygen atoms in total. The number of ether oxygens (including phenoxy) is 1. The van der Waals surface area contributed by atoms with E-state index in [-0.39, 0.29) is 0 Å². The summed E-state index contributed by atoms with van der Waals surface area (Å²) >= 11 is 4.12. The molecule has 1 aromatic rings. The molecular formula is C10H15NOS. The van der Waals surface area contributed by atoms with E-state index < -0.39 is 0 Å². The van der Waals surface area contributed by atoms with Gasteiger partial charge in [0, 0.05) is 18.0 Å². The molecule has 0 spiro atoms. The largest absolute Gasteiger partial charge is 0.494 e. The second kappa shape index (κ2) is 5.75. The standard InChI is InChI=1S/C10H15NOS/c1-2-12-10-5-3-9(4-6-10)11-7-8-13/h3-6,11,13H,2,7-8H2,1H3. The molecule has 0 atom stereocenters. The highest BCUT2D eigenvalue weighted by atomic mass is 32.1. The minimum Gasteiger partial charge on any atom is -0.494 e. The summed E-state index contributed by atoms with van der Waals surface area (Å²) < 4.78 is 5.32. The second-order valence-corrected chi connectivity index (χ2v) is 3.05. The lowest BCUT2D eigenvalue weighted by atomic mass is 10.3. The predicted octanol–water partition coefficient (Wildman–Crippen LogP) is 2.43. The fourth-order valence-electron chi connectivity index (χ4n) is 1.04. The van der Waals surface area contributed by atoms with Crippen molar-refractivity contribution in [2.24, 2.45) is 0 Å². The van der Waals surface area contributed by atoms with E-state index in [1.807, 2.05) is 31.2 Å². The smallest absolute Gasteiger partial charge is 0.119 e. The molecule has 13 heavy (non-hydrogen) atoms. The molecule has 1 aromatic carbocycles. The van der Waals surface area contributed by atoms with Crippen LogP contribution in [0.4, 0.5) is 5.69 Å². The van der Waals surface area contributed by atoms with Crippen LogP contribution in [0.25, 0.3) is 0 Å². The predicted molar refractivity (Wildman–Crippen MR) is 60.0 cm³/mol. The van der Waals surface area contributed by atoms with Gasteiger partial charge in [0.15, 0.2) is 0 Å². The Morgan fingerprint density at radius 2 is 2.00 bits per heavy atom. The third-order valence-electron chi connectivity index (χ3n) is 1.61. The van der Waals surface area contributed by atoms with Crippen LogP contribution in [0, 0.1) is 0 Å². The Labute approximate surface area is 84.7 Å². The van der Waals surface area contributed by atoms with Gasteiger partial charge in [-0.25, -0.2) is 0 Å². The highest BCUT2D eigenvalue weighted by molar-refractivity contribution is 7.80. The Morgan fingerprint density at radius 1 is 1.31 bits per heavy atom. The molecule has 1 N–H and O–H groups in total. The number of anilines is 1. The summed E-state index contributed by atoms with van der Waals surface area (Å²) in [6.07, 6.45) is 0. The van der Waals surface area contributed by atoms with Crippen molar-refractivity contribution in [1.29, 1.82) is 0 Å². The topological polar surface area (TPSA) is 21.3 Å².